The van der Waals surface area contributed by atoms with Crippen LogP contribution in [0.1, 0.15) is 18.9 Å². The van der Waals surface area contributed by atoms with E-state index in [0.717, 1.165) is 18.9 Å². The minimum absolute atomic E-state index is 0.449. The molecule has 1 fully saturated rings. The van der Waals surface area contributed by atoms with Crippen LogP contribution in [0.5, 0.6) is 5.75 Å². The summed E-state index contributed by atoms with van der Waals surface area (Å²) < 4.78 is 6.71. The van der Waals surface area contributed by atoms with E-state index in [0.29, 0.717) is 11.8 Å². The molecule has 1 aliphatic rings. The van der Waals surface area contributed by atoms with Crippen LogP contribution in [0.2, 0.25) is 0 Å². The van der Waals surface area contributed by atoms with Crippen molar-refractivity contribution in [2.24, 2.45) is 0 Å². The Morgan fingerprint density at radius 3 is 3.15 bits per heavy atom. The second kappa shape index (κ2) is 3.05. The maximum absolute atomic E-state index is 10.8. The normalized spacial score (nSPS) is 15.4. The largest absolute Gasteiger partial charge is 0.420 e. The number of carbonyl (C=O) groups excluding carboxylic acids is 1. The van der Waals surface area contributed by atoms with Crippen molar-refractivity contribution in [2.45, 2.75) is 18.9 Å². The lowest BCUT2D eigenvalue weighted by atomic mass is 10.6. The number of ether oxygens (including phenoxy) is 1. The highest BCUT2D eigenvalue weighted by atomic mass is 16.5. The monoisotopic (exact) mass is 178 g/mol. The fraction of sp³-hybridized carbons (Fsp3) is 0.333. The van der Waals surface area contributed by atoms with Crippen LogP contribution in [-0.4, -0.2) is 15.7 Å². The van der Waals surface area contributed by atoms with Crippen LogP contribution in [0.3, 0.4) is 0 Å². The average Bonchev–Trinajstić information content (AvgIpc) is 2.88. The molecule has 0 spiro atoms. The summed E-state index contributed by atoms with van der Waals surface area (Å²) in [5.41, 5.74) is 0. The molecular weight excluding hydrogens is 168 g/mol. The van der Waals surface area contributed by atoms with Crippen molar-refractivity contribution in [3.63, 3.8) is 0 Å². The molecule has 1 heterocycles. The molecular formula is C9H10N2O2. The Labute approximate surface area is 75.8 Å². The summed E-state index contributed by atoms with van der Waals surface area (Å²) in [6, 6.07) is 0.510. The third-order valence-corrected chi connectivity index (χ3v) is 1.88. The van der Waals surface area contributed by atoms with E-state index in [1.165, 1.54) is 0 Å². The first-order valence-corrected chi connectivity index (χ1v) is 4.18. The predicted octanol–water partition coefficient (Wildman–Crippen LogP) is 1.31. The summed E-state index contributed by atoms with van der Waals surface area (Å²) in [5.74, 6) is 0.0344. The van der Waals surface area contributed by atoms with Gasteiger partial charge in [0, 0.05) is 6.08 Å². The molecule has 1 aromatic heterocycles. The van der Waals surface area contributed by atoms with Gasteiger partial charge in [-0.15, -0.1) is 0 Å². The van der Waals surface area contributed by atoms with E-state index in [2.05, 4.69) is 11.7 Å². The Balaban J connectivity index is 2.04. The zero-order valence-electron chi connectivity index (χ0n) is 7.14. The maximum atomic E-state index is 10.8. The quantitative estimate of drug-likeness (QED) is 0.517. The van der Waals surface area contributed by atoms with Gasteiger partial charge in [-0.3, -0.25) is 4.68 Å². The van der Waals surface area contributed by atoms with E-state index >= 15 is 0 Å². The summed E-state index contributed by atoms with van der Waals surface area (Å²) in [4.78, 5) is 10.8. The van der Waals surface area contributed by atoms with Crippen molar-refractivity contribution >= 4 is 5.97 Å². The van der Waals surface area contributed by atoms with E-state index in [1.807, 2.05) is 4.68 Å². The van der Waals surface area contributed by atoms with Crippen LogP contribution in [0.15, 0.2) is 25.0 Å². The molecule has 4 heteroatoms. The first-order valence-electron chi connectivity index (χ1n) is 4.18. The minimum Gasteiger partial charge on any atom is -0.420 e. The number of aromatic nitrogens is 2. The van der Waals surface area contributed by atoms with Crippen LogP contribution in [0, 0.1) is 0 Å². The molecule has 0 unspecified atom stereocenters. The van der Waals surface area contributed by atoms with Gasteiger partial charge in [-0.05, 0) is 12.8 Å². The average molecular weight is 178 g/mol. The van der Waals surface area contributed by atoms with Gasteiger partial charge in [0.15, 0.2) is 5.75 Å². The predicted molar refractivity (Wildman–Crippen MR) is 46.3 cm³/mol. The molecule has 2 rings (SSSR count). The Morgan fingerprint density at radius 1 is 1.77 bits per heavy atom. The maximum Gasteiger partial charge on any atom is 0.335 e. The SMILES string of the molecule is C=CC(=O)Oc1cnn(C2CC2)c1. The lowest BCUT2D eigenvalue weighted by molar-refractivity contribution is -0.128. The molecule has 1 aliphatic carbocycles. The van der Waals surface area contributed by atoms with Crippen LogP contribution < -0.4 is 4.74 Å². The highest BCUT2D eigenvalue weighted by Crippen LogP contribution is 2.34. The number of hydrogen-bond acceptors (Lipinski definition) is 3. The molecule has 68 valence electrons. The van der Waals surface area contributed by atoms with Crippen molar-refractivity contribution in [1.29, 1.82) is 0 Å². The lowest BCUT2D eigenvalue weighted by Crippen LogP contribution is -2.02. The van der Waals surface area contributed by atoms with Crippen molar-refractivity contribution in [2.75, 3.05) is 0 Å². The molecule has 0 bridgehead atoms. The molecule has 0 N–H and O–H groups in total. The molecule has 0 aromatic carbocycles. The van der Waals surface area contributed by atoms with Gasteiger partial charge in [-0.25, -0.2) is 4.79 Å². The molecule has 0 aliphatic heterocycles. The highest BCUT2D eigenvalue weighted by molar-refractivity contribution is 5.83. The van der Waals surface area contributed by atoms with Crippen molar-refractivity contribution in [1.82, 2.24) is 9.78 Å². The third-order valence-electron chi connectivity index (χ3n) is 1.88. The molecule has 0 atom stereocenters. The molecule has 13 heavy (non-hydrogen) atoms. The lowest BCUT2D eigenvalue weighted by Gasteiger charge is -1.95. The van der Waals surface area contributed by atoms with Crippen LogP contribution in [-0.2, 0) is 4.79 Å². The van der Waals surface area contributed by atoms with Crippen LogP contribution in [0.25, 0.3) is 0 Å². The molecule has 0 amide bonds. The number of rotatable bonds is 3. The molecule has 1 aromatic rings. The van der Waals surface area contributed by atoms with E-state index in [9.17, 15) is 4.79 Å². The van der Waals surface area contributed by atoms with Crippen LogP contribution >= 0.6 is 0 Å². The van der Waals surface area contributed by atoms with Gasteiger partial charge in [-0.2, -0.15) is 5.10 Å². The summed E-state index contributed by atoms with van der Waals surface area (Å²) in [5, 5.41) is 4.07. The number of carbonyl (C=O) groups is 1. The number of nitrogens with zero attached hydrogens (tertiary/aromatic N) is 2. The second-order valence-electron chi connectivity index (χ2n) is 3.01. The molecule has 1 saturated carbocycles. The first kappa shape index (κ1) is 8.04. The summed E-state index contributed by atoms with van der Waals surface area (Å²) in [7, 11) is 0. The Bertz CT molecular complexity index is 339. The van der Waals surface area contributed by atoms with Crippen molar-refractivity contribution in [3.05, 3.63) is 25.0 Å². The van der Waals surface area contributed by atoms with Gasteiger partial charge >= 0.3 is 5.97 Å². The standard InChI is InChI=1S/C9H10N2O2/c1-2-9(12)13-8-5-10-11(6-8)7-3-4-7/h2,5-7H,1,3-4H2. The fourth-order valence-corrected chi connectivity index (χ4v) is 1.07. The van der Waals surface area contributed by atoms with Crippen LogP contribution in [0.4, 0.5) is 0 Å². The molecule has 0 radical (unpaired) electrons. The van der Waals surface area contributed by atoms with Gasteiger partial charge in [0.2, 0.25) is 0 Å². The third kappa shape index (κ3) is 1.77. The Kier molecular flexibility index (Phi) is 1.88. The van der Waals surface area contributed by atoms with Gasteiger partial charge in [0.05, 0.1) is 18.4 Å². The van der Waals surface area contributed by atoms with Crippen molar-refractivity contribution in [3.8, 4) is 5.75 Å². The van der Waals surface area contributed by atoms with E-state index in [4.69, 9.17) is 4.74 Å². The molecule has 4 nitrogen and oxygen atoms in total. The summed E-state index contributed by atoms with van der Waals surface area (Å²) >= 11 is 0. The topological polar surface area (TPSA) is 44.1 Å². The fourth-order valence-electron chi connectivity index (χ4n) is 1.07. The minimum atomic E-state index is -0.449. The first-order chi connectivity index (χ1) is 6.29. The Morgan fingerprint density at radius 2 is 2.54 bits per heavy atom. The molecule has 0 saturated heterocycles. The van der Waals surface area contributed by atoms with E-state index < -0.39 is 5.97 Å². The number of esters is 1. The van der Waals surface area contributed by atoms with Gasteiger partial charge in [0.25, 0.3) is 0 Å². The van der Waals surface area contributed by atoms with Gasteiger partial charge in [-0.1, -0.05) is 6.58 Å². The van der Waals surface area contributed by atoms with Crippen molar-refractivity contribution < 1.29 is 9.53 Å². The second-order valence-corrected chi connectivity index (χ2v) is 3.01. The van der Waals surface area contributed by atoms with Gasteiger partial charge in [0.1, 0.15) is 0 Å². The van der Waals surface area contributed by atoms with Gasteiger partial charge < -0.3 is 4.74 Å². The zero-order valence-corrected chi connectivity index (χ0v) is 7.14. The Hall–Kier alpha value is -1.58. The van der Waals surface area contributed by atoms with E-state index in [1.54, 1.807) is 12.4 Å². The smallest absolute Gasteiger partial charge is 0.335 e. The summed E-state index contributed by atoms with van der Waals surface area (Å²) in [6.45, 7) is 3.31. The summed E-state index contributed by atoms with van der Waals surface area (Å²) in [6.07, 6.45) is 6.74. The van der Waals surface area contributed by atoms with E-state index in [-0.39, 0.29) is 0 Å². The highest BCUT2D eigenvalue weighted by Gasteiger charge is 2.24. The number of hydrogen-bond donors (Lipinski definition) is 0. The zero-order chi connectivity index (χ0) is 9.26.